The summed E-state index contributed by atoms with van der Waals surface area (Å²) < 4.78 is 13.0. The molecule has 0 saturated carbocycles. The molecule has 1 amide bonds. The number of amides is 1. The van der Waals surface area contributed by atoms with E-state index in [0.717, 1.165) is 12.3 Å². The number of aromatic nitrogens is 2. The van der Waals surface area contributed by atoms with Crippen LogP contribution in [-0.4, -0.2) is 27.0 Å². The second-order valence-electron chi connectivity index (χ2n) is 3.68. The molecule has 2 heterocycles. The van der Waals surface area contributed by atoms with Gasteiger partial charge in [0.25, 0.3) is 5.91 Å². The second kappa shape index (κ2) is 5.62. The van der Waals surface area contributed by atoms with Crippen LogP contribution in [0.5, 0.6) is 0 Å². The highest BCUT2D eigenvalue weighted by atomic mass is 35.5. The third kappa shape index (κ3) is 3.07. The van der Waals surface area contributed by atoms with Crippen LogP contribution in [-0.2, 0) is 0 Å². The Hall–Kier alpha value is -2.54. The maximum atomic E-state index is 13.0. The van der Waals surface area contributed by atoms with Gasteiger partial charge in [-0.1, -0.05) is 11.6 Å². The quantitative estimate of drug-likeness (QED) is 0.847. The van der Waals surface area contributed by atoms with Crippen molar-refractivity contribution in [3.63, 3.8) is 0 Å². The number of rotatable bonds is 3. The van der Waals surface area contributed by atoms with Crippen molar-refractivity contribution in [1.82, 2.24) is 9.97 Å². The first-order valence-electron chi connectivity index (χ1n) is 5.29. The van der Waals surface area contributed by atoms with E-state index in [4.69, 9.17) is 16.7 Å². The lowest BCUT2D eigenvalue weighted by Crippen LogP contribution is -2.14. The third-order valence-corrected chi connectivity index (χ3v) is 2.59. The highest BCUT2D eigenvalue weighted by molar-refractivity contribution is 6.33. The van der Waals surface area contributed by atoms with E-state index in [1.165, 1.54) is 18.3 Å². The van der Waals surface area contributed by atoms with E-state index < -0.39 is 17.7 Å². The van der Waals surface area contributed by atoms with Crippen LogP contribution in [0.1, 0.15) is 20.8 Å². The number of carbonyl (C=O) groups excluding carboxylic acids is 1. The van der Waals surface area contributed by atoms with Crippen LogP contribution in [0.2, 0.25) is 5.15 Å². The normalized spacial score (nSPS) is 10.1. The molecule has 2 N–H and O–H groups in total. The SMILES string of the molecule is O=C(O)c1ccc(NC(=O)c2cc(F)cnc2Cl)cn1. The first-order chi connectivity index (χ1) is 9.47. The van der Waals surface area contributed by atoms with Gasteiger partial charge in [-0.2, -0.15) is 0 Å². The van der Waals surface area contributed by atoms with Gasteiger partial charge in [0.15, 0.2) is 0 Å². The highest BCUT2D eigenvalue weighted by Crippen LogP contribution is 2.16. The summed E-state index contributed by atoms with van der Waals surface area (Å²) in [6, 6.07) is 3.53. The topological polar surface area (TPSA) is 92.2 Å². The van der Waals surface area contributed by atoms with Gasteiger partial charge >= 0.3 is 5.97 Å². The molecule has 0 fully saturated rings. The number of carbonyl (C=O) groups is 2. The molecule has 0 saturated heterocycles. The minimum Gasteiger partial charge on any atom is -0.477 e. The number of nitrogens with zero attached hydrogens (tertiary/aromatic N) is 2. The first kappa shape index (κ1) is 13.9. The Kier molecular flexibility index (Phi) is 3.90. The molecule has 0 unspecified atom stereocenters. The second-order valence-corrected chi connectivity index (χ2v) is 4.04. The fourth-order valence-corrected chi connectivity index (χ4v) is 1.56. The monoisotopic (exact) mass is 295 g/mol. The Labute approximate surface area is 117 Å². The van der Waals surface area contributed by atoms with Crippen molar-refractivity contribution >= 4 is 29.2 Å². The lowest BCUT2D eigenvalue weighted by atomic mass is 10.2. The van der Waals surface area contributed by atoms with Gasteiger partial charge in [-0.05, 0) is 18.2 Å². The van der Waals surface area contributed by atoms with E-state index >= 15 is 0 Å². The van der Waals surface area contributed by atoms with E-state index in [2.05, 4.69) is 15.3 Å². The summed E-state index contributed by atoms with van der Waals surface area (Å²) in [6.45, 7) is 0. The highest BCUT2D eigenvalue weighted by Gasteiger charge is 2.13. The zero-order valence-corrected chi connectivity index (χ0v) is 10.6. The molecule has 6 nitrogen and oxygen atoms in total. The molecule has 0 aliphatic heterocycles. The summed E-state index contributed by atoms with van der Waals surface area (Å²) in [6.07, 6.45) is 2.06. The standard InChI is InChI=1S/C12H7ClFN3O3/c13-10-8(3-6(14)4-16-10)11(18)17-7-1-2-9(12(19)20)15-5-7/h1-5H,(H,17,18)(H,19,20). The van der Waals surface area contributed by atoms with Crippen molar-refractivity contribution in [2.45, 2.75) is 0 Å². The van der Waals surface area contributed by atoms with Gasteiger partial charge in [0.05, 0.1) is 23.6 Å². The minimum atomic E-state index is -1.18. The first-order valence-corrected chi connectivity index (χ1v) is 5.67. The number of carboxylic acids is 1. The summed E-state index contributed by atoms with van der Waals surface area (Å²) in [5, 5.41) is 11.0. The van der Waals surface area contributed by atoms with E-state index in [0.29, 0.717) is 0 Å². The number of hydrogen-bond donors (Lipinski definition) is 2. The van der Waals surface area contributed by atoms with E-state index in [9.17, 15) is 14.0 Å². The summed E-state index contributed by atoms with van der Waals surface area (Å²) in [4.78, 5) is 29.6. The number of anilines is 1. The number of halogens is 2. The average Bonchev–Trinajstić information content (AvgIpc) is 2.42. The molecule has 0 aliphatic carbocycles. The van der Waals surface area contributed by atoms with Crippen LogP contribution in [0.15, 0.2) is 30.6 Å². The van der Waals surface area contributed by atoms with Gasteiger partial charge in [0.1, 0.15) is 16.7 Å². The lowest BCUT2D eigenvalue weighted by molar-refractivity contribution is 0.0690. The molecule has 0 aliphatic rings. The average molecular weight is 296 g/mol. The molecule has 2 rings (SSSR count). The van der Waals surface area contributed by atoms with Gasteiger partial charge in [-0.15, -0.1) is 0 Å². The van der Waals surface area contributed by atoms with Gasteiger partial charge < -0.3 is 10.4 Å². The van der Waals surface area contributed by atoms with Gasteiger partial charge in [-0.3, -0.25) is 4.79 Å². The van der Waals surface area contributed by atoms with Crippen LogP contribution < -0.4 is 5.32 Å². The number of carboxylic acid groups (broad SMARTS) is 1. The fraction of sp³-hybridized carbons (Fsp3) is 0. The predicted octanol–water partition coefficient (Wildman–Crippen LogP) is 2.22. The molecule has 0 spiro atoms. The number of nitrogens with one attached hydrogen (secondary N) is 1. The minimum absolute atomic E-state index is 0.131. The van der Waals surface area contributed by atoms with Crippen LogP contribution in [0, 0.1) is 5.82 Å². The van der Waals surface area contributed by atoms with Crippen LogP contribution in [0.3, 0.4) is 0 Å². The number of hydrogen-bond acceptors (Lipinski definition) is 4. The maximum absolute atomic E-state index is 13.0. The molecule has 0 atom stereocenters. The summed E-state index contributed by atoms with van der Waals surface area (Å²) in [5.41, 5.74) is -0.0391. The van der Waals surface area contributed by atoms with Crippen molar-refractivity contribution in [2.75, 3.05) is 5.32 Å². The molecule has 2 aromatic heterocycles. The molecule has 20 heavy (non-hydrogen) atoms. The van der Waals surface area contributed by atoms with Crippen molar-refractivity contribution in [3.05, 3.63) is 52.8 Å². The van der Waals surface area contributed by atoms with Crippen molar-refractivity contribution in [3.8, 4) is 0 Å². The number of aromatic carboxylic acids is 1. The van der Waals surface area contributed by atoms with Crippen LogP contribution in [0.25, 0.3) is 0 Å². The Morgan fingerprint density at radius 3 is 2.60 bits per heavy atom. The molecular formula is C12H7ClFN3O3. The summed E-state index contributed by atoms with van der Waals surface area (Å²) in [5.74, 6) is -2.55. The number of pyridine rings is 2. The fourth-order valence-electron chi connectivity index (χ4n) is 1.37. The summed E-state index contributed by atoms with van der Waals surface area (Å²) >= 11 is 5.69. The summed E-state index contributed by atoms with van der Waals surface area (Å²) in [7, 11) is 0. The van der Waals surface area contributed by atoms with Crippen LogP contribution >= 0.6 is 11.6 Å². The molecule has 102 valence electrons. The van der Waals surface area contributed by atoms with Gasteiger partial charge in [0.2, 0.25) is 0 Å². The lowest BCUT2D eigenvalue weighted by Gasteiger charge is -2.06. The Bertz CT molecular complexity index is 676. The molecular weight excluding hydrogens is 289 g/mol. The third-order valence-electron chi connectivity index (χ3n) is 2.29. The maximum Gasteiger partial charge on any atom is 0.354 e. The Morgan fingerprint density at radius 2 is 2.00 bits per heavy atom. The molecule has 8 heteroatoms. The van der Waals surface area contributed by atoms with Gasteiger partial charge in [-0.25, -0.2) is 19.2 Å². The zero-order valence-electron chi connectivity index (χ0n) is 9.80. The van der Waals surface area contributed by atoms with E-state index in [1.807, 2.05) is 0 Å². The van der Waals surface area contributed by atoms with E-state index in [1.54, 1.807) is 0 Å². The molecule has 0 radical (unpaired) electrons. The van der Waals surface area contributed by atoms with Crippen LogP contribution in [0.4, 0.5) is 10.1 Å². The predicted molar refractivity (Wildman–Crippen MR) is 68.4 cm³/mol. The van der Waals surface area contributed by atoms with E-state index in [-0.39, 0.29) is 22.1 Å². The molecule has 0 aromatic carbocycles. The molecule has 0 bridgehead atoms. The van der Waals surface area contributed by atoms with Crippen molar-refractivity contribution in [2.24, 2.45) is 0 Å². The van der Waals surface area contributed by atoms with Crippen molar-refractivity contribution in [1.29, 1.82) is 0 Å². The smallest absolute Gasteiger partial charge is 0.354 e. The molecule has 2 aromatic rings. The Balaban J connectivity index is 2.19. The van der Waals surface area contributed by atoms with Crippen molar-refractivity contribution < 1.29 is 19.1 Å². The Morgan fingerprint density at radius 1 is 1.25 bits per heavy atom. The van der Waals surface area contributed by atoms with Gasteiger partial charge in [0, 0.05) is 0 Å². The zero-order chi connectivity index (χ0) is 14.7. The largest absolute Gasteiger partial charge is 0.477 e.